The number of halogens is 3. The third-order valence-corrected chi connectivity index (χ3v) is 3.34. The van der Waals surface area contributed by atoms with Crippen LogP contribution in [-0.2, 0) is 11.3 Å². The van der Waals surface area contributed by atoms with Crippen LogP contribution >= 0.6 is 0 Å². The molecule has 2 rings (SSSR count). The number of carbonyl (C=O) groups is 1. The van der Waals surface area contributed by atoms with Gasteiger partial charge in [-0.1, -0.05) is 30.3 Å². The van der Waals surface area contributed by atoms with Crippen molar-refractivity contribution in [1.82, 2.24) is 5.32 Å². The number of alkyl halides is 3. The molecule has 2 aromatic rings. The SMILES string of the molecule is CC(Nc1ccc(OCC(F)(F)F)cc1)C(=O)NCc1ccccc1. The van der Waals surface area contributed by atoms with Gasteiger partial charge in [-0.15, -0.1) is 0 Å². The van der Waals surface area contributed by atoms with Crippen molar-refractivity contribution in [3.05, 3.63) is 60.2 Å². The lowest BCUT2D eigenvalue weighted by molar-refractivity contribution is -0.153. The van der Waals surface area contributed by atoms with Crippen LogP contribution in [0.4, 0.5) is 18.9 Å². The first-order chi connectivity index (χ1) is 11.8. The predicted octanol–water partition coefficient (Wildman–Crippen LogP) is 3.74. The molecule has 0 bridgehead atoms. The van der Waals surface area contributed by atoms with Crippen LogP contribution in [0.3, 0.4) is 0 Å². The van der Waals surface area contributed by atoms with Crippen molar-refractivity contribution < 1.29 is 22.7 Å². The van der Waals surface area contributed by atoms with E-state index in [0.29, 0.717) is 12.2 Å². The summed E-state index contributed by atoms with van der Waals surface area (Å²) >= 11 is 0. The van der Waals surface area contributed by atoms with Gasteiger partial charge in [-0.2, -0.15) is 13.2 Å². The quantitative estimate of drug-likeness (QED) is 0.798. The maximum Gasteiger partial charge on any atom is 0.422 e. The van der Waals surface area contributed by atoms with Crippen LogP contribution in [0.1, 0.15) is 12.5 Å². The first kappa shape index (κ1) is 18.6. The number of nitrogens with one attached hydrogen (secondary N) is 2. The van der Waals surface area contributed by atoms with Crippen molar-refractivity contribution in [3.8, 4) is 5.75 Å². The molecule has 1 atom stereocenters. The van der Waals surface area contributed by atoms with Gasteiger partial charge in [0.15, 0.2) is 6.61 Å². The average Bonchev–Trinajstić information content (AvgIpc) is 2.59. The molecule has 2 aromatic carbocycles. The second-order valence-electron chi connectivity index (χ2n) is 5.50. The second-order valence-corrected chi connectivity index (χ2v) is 5.50. The molecule has 0 aliphatic heterocycles. The van der Waals surface area contributed by atoms with Gasteiger partial charge in [0.1, 0.15) is 11.8 Å². The molecule has 0 saturated carbocycles. The van der Waals surface area contributed by atoms with Crippen LogP contribution in [0.5, 0.6) is 5.75 Å². The molecule has 134 valence electrons. The van der Waals surface area contributed by atoms with Gasteiger partial charge in [0.2, 0.25) is 5.91 Å². The van der Waals surface area contributed by atoms with Crippen LogP contribution in [0.15, 0.2) is 54.6 Å². The predicted molar refractivity (Wildman–Crippen MR) is 89.4 cm³/mol. The van der Waals surface area contributed by atoms with Gasteiger partial charge in [0.05, 0.1) is 0 Å². The molecular formula is C18H19F3N2O2. The van der Waals surface area contributed by atoms with Crippen molar-refractivity contribution in [3.63, 3.8) is 0 Å². The minimum absolute atomic E-state index is 0.115. The molecule has 25 heavy (non-hydrogen) atoms. The smallest absolute Gasteiger partial charge is 0.422 e. The Balaban J connectivity index is 1.81. The van der Waals surface area contributed by atoms with Crippen LogP contribution in [0.25, 0.3) is 0 Å². The molecule has 4 nitrogen and oxygen atoms in total. The Bertz CT molecular complexity index is 673. The summed E-state index contributed by atoms with van der Waals surface area (Å²) in [5.41, 5.74) is 1.61. The zero-order valence-electron chi connectivity index (χ0n) is 13.6. The number of hydrogen-bond donors (Lipinski definition) is 2. The zero-order valence-corrected chi connectivity index (χ0v) is 13.6. The maximum absolute atomic E-state index is 12.1. The first-order valence-electron chi connectivity index (χ1n) is 7.71. The Morgan fingerprint density at radius 1 is 1.08 bits per heavy atom. The van der Waals surface area contributed by atoms with Crippen LogP contribution in [0, 0.1) is 0 Å². The molecule has 0 heterocycles. The van der Waals surface area contributed by atoms with Gasteiger partial charge >= 0.3 is 6.18 Å². The van der Waals surface area contributed by atoms with Gasteiger partial charge < -0.3 is 15.4 Å². The zero-order chi connectivity index (χ0) is 18.3. The molecule has 0 fully saturated rings. The van der Waals surface area contributed by atoms with Crippen molar-refractivity contribution in [2.24, 2.45) is 0 Å². The van der Waals surface area contributed by atoms with Crippen molar-refractivity contribution in [2.75, 3.05) is 11.9 Å². The molecule has 0 saturated heterocycles. The fourth-order valence-corrected chi connectivity index (χ4v) is 2.07. The molecule has 2 N–H and O–H groups in total. The van der Waals surface area contributed by atoms with E-state index < -0.39 is 18.8 Å². The number of hydrogen-bond acceptors (Lipinski definition) is 3. The van der Waals surface area contributed by atoms with Gasteiger partial charge in [0, 0.05) is 12.2 Å². The summed E-state index contributed by atoms with van der Waals surface area (Å²) in [7, 11) is 0. The first-order valence-corrected chi connectivity index (χ1v) is 7.71. The van der Waals surface area contributed by atoms with E-state index in [2.05, 4.69) is 15.4 Å². The minimum Gasteiger partial charge on any atom is -0.484 e. The number of anilines is 1. The van der Waals surface area contributed by atoms with E-state index in [1.165, 1.54) is 12.1 Å². The van der Waals surface area contributed by atoms with E-state index in [-0.39, 0.29) is 11.7 Å². The average molecular weight is 352 g/mol. The summed E-state index contributed by atoms with van der Waals surface area (Å²) in [6, 6.07) is 15.0. The Labute approximate surface area is 144 Å². The summed E-state index contributed by atoms with van der Waals surface area (Å²) in [6.07, 6.45) is -4.37. The Morgan fingerprint density at radius 2 is 1.72 bits per heavy atom. The molecular weight excluding hydrogens is 333 g/mol. The highest BCUT2D eigenvalue weighted by Gasteiger charge is 2.28. The lowest BCUT2D eigenvalue weighted by Gasteiger charge is -2.16. The highest BCUT2D eigenvalue weighted by molar-refractivity contribution is 5.84. The number of benzene rings is 2. The lowest BCUT2D eigenvalue weighted by atomic mass is 10.2. The van der Waals surface area contributed by atoms with Gasteiger partial charge in [-0.25, -0.2) is 0 Å². The van der Waals surface area contributed by atoms with E-state index in [0.717, 1.165) is 5.56 Å². The monoisotopic (exact) mass is 352 g/mol. The molecule has 1 unspecified atom stereocenters. The number of rotatable bonds is 7. The molecule has 0 spiro atoms. The molecule has 0 aromatic heterocycles. The van der Waals surface area contributed by atoms with Crippen molar-refractivity contribution in [2.45, 2.75) is 25.7 Å². The summed E-state index contributed by atoms with van der Waals surface area (Å²) in [6.45, 7) is 0.794. The molecule has 0 aliphatic rings. The van der Waals surface area contributed by atoms with Gasteiger partial charge in [-0.3, -0.25) is 4.79 Å². The summed E-state index contributed by atoms with van der Waals surface area (Å²) in [5, 5.41) is 5.80. The third-order valence-electron chi connectivity index (χ3n) is 3.34. The summed E-state index contributed by atoms with van der Waals surface area (Å²) in [4.78, 5) is 12.1. The molecule has 1 amide bonds. The normalized spacial score (nSPS) is 12.3. The van der Waals surface area contributed by atoms with Crippen molar-refractivity contribution in [1.29, 1.82) is 0 Å². The largest absolute Gasteiger partial charge is 0.484 e. The van der Waals surface area contributed by atoms with E-state index >= 15 is 0 Å². The number of ether oxygens (including phenoxy) is 1. The standard InChI is InChI=1S/C18H19F3N2O2/c1-13(17(24)22-11-14-5-3-2-4-6-14)23-15-7-9-16(10-8-15)25-12-18(19,20)21/h2-10,13,23H,11-12H2,1H3,(H,22,24). The maximum atomic E-state index is 12.1. The molecule has 0 aliphatic carbocycles. The van der Waals surface area contributed by atoms with Gasteiger partial charge in [0.25, 0.3) is 0 Å². The topological polar surface area (TPSA) is 50.4 Å². The summed E-state index contributed by atoms with van der Waals surface area (Å²) < 4.78 is 40.9. The fourth-order valence-electron chi connectivity index (χ4n) is 2.07. The Morgan fingerprint density at radius 3 is 2.32 bits per heavy atom. The summed E-state index contributed by atoms with van der Waals surface area (Å²) in [5.74, 6) is -0.0645. The minimum atomic E-state index is -4.37. The van der Waals surface area contributed by atoms with Crippen molar-refractivity contribution >= 4 is 11.6 Å². The van der Waals surface area contributed by atoms with E-state index in [9.17, 15) is 18.0 Å². The Hall–Kier alpha value is -2.70. The highest BCUT2D eigenvalue weighted by atomic mass is 19.4. The third kappa shape index (κ3) is 6.74. The van der Waals surface area contributed by atoms with Crippen LogP contribution in [0.2, 0.25) is 0 Å². The Kier molecular flexibility index (Phi) is 6.27. The van der Waals surface area contributed by atoms with Crippen LogP contribution < -0.4 is 15.4 Å². The van der Waals surface area contributed by atoms with E-state index in [4.69, 9.17) is 0 Å². The van der Waals surface area contributed by atoms with Crippen LogP contribution in [-0.4, -0.2) is 24.7 Å². The van der Waals surface area contributed by atoms with Gasteiger partial charge in [-0.05, 0) is 36.8 Å². The molecule has 0 radical (unpaired) electrons. The fraction of sp³-hybridized carbons (Fsp3) is 0.278. The second kappa shape index (κ2) is 8.41. The van der Waals surface area contributed by atoms with E-state index in [1.807, 2.05) is 30.3 Å². The number of amides is 1. The molecule has 7 heteroatoms. The van der Waals surface area contributed by atoms with E-state index in [1.54, 1.807) is 19.1 Å². The number of carbonyl (C=O) groups excluding carboxylic acids is 1. The lowest BCUT2D eigenvalue weighted by Crippen LogP contribution is -2.37. The highest BCUT2D eigenvalue weighted by Crippen LogP contribution is 2.20.